The van der Waals surface area contributed by atoms with E-state index in [1.54, 1.807) is 4.90 Å². The minimum Gasteiger partial charge on any atom is -0.324 e. The van der Waals surface area contributed by atoms with Gasteiger partial charge >= 0.3 is 6.03 Å². The molecule has 0 radical (unpaired) electrons. The molecule has 0 spiro atoms. The summed E-state index contributed by atoms with van der Waals surface area (Å²) >= 11 is 1.85. The van der Waals surface area contributed by atoms with Crippen LogP contribution in [0.2, 0.25) is 0 Å². The number of urea groups is 1. The SMILES string of the molecule is CC(C)C(=O)[C@H](NC(=O)N1CCSCC1)c1ccccc1. The van der Waals surface area contributed by atoms with Crippen molar-refractivity contribution in [1.29, 1.82) is 0 Å². The summed E-state index contributed by atoms with van der Waals surface area (Å²) in [6, 6.07) is 8.75. The zero-order chi connectivity index (χ0) is 15.2. The molecule has 1 aromatic carbocycles. The van der Waals surface area contributed by atoms with Gasteiger partial charge in [-0.15, -0.1) is 0 Å². The third-order valence-corrected chi connectivity index (χ3v) is 4.50. The third-order valence-electron chi connectivity index (χ3n) is 3.55. The van der Waals surface area contributed by atoms with E-state index in [9.17, 15) is 9.59 Å². The summed E-state index contributed by atoms with van der Waals surface area (Å²) in [4.78, 5) is 26.6. The number of hydrogen-bond acceptors (Lipinski definition) is 3. The molecule has 1 heterocycles. The molecule has 1 aromatic rings. The first-order chi connectivity index (χ1) is 10.1. The molecule has 0 aromatic heterocycles. The number of nitrogens with zero attached hydrogens (tertiary/aromatic N) is 1. The molecule has 4 nitrogen and oxygen atoms in total. The maximum Gasteiger partial charge on any atom is 0.318 e. The van der Waals surface area contributed by atoms with E-state index in [4.69, 9.17) is 0 Å². The number of carbonyl (C=O) groups excluding carboxylic acids is 2. The predicted molar refractivity (Wildman–Crippen MR) is 86.5 cm³/mol. The molecule has 1 N–H and O–H groups in total. The van der Waals surface area contributed by atoms with Crippen LogP contribution in [0.15, 0.2) is 30.3 Å². The Balaban J connectivity index is 2.12. The molecule has 0 saturated carbocycles. The molecule has 0 bridgehead atoms. The van der Waals surface area contributed by atoms with Gasteiger partial charge < -0.3 is 10.2 Å². The first-order valence-corrected chi connectivity index (χ1v) is 8.47. The van der Waals surface area contributed by atoms with E-state index in [-0.39, 0.29) is 17.7 Å². The van der Waals surface area contributed by atoms with Crippen LogP contribution in [0.3, 0.4) is 0 Å². The summed E-state index contributed by atoms with van der Waals surface area (Å²) in [5, 5.41) is 2.91. The lowest BCUT2D eigenvalue weighted by molar-refractivity contribution is -0.123. The van der Waals surface area contributed by atoms with Crippen molar-refractivity contribution in [3.05, 3.63) is 35.9 Å². The quantitative estimate of drug-likeness (QED) is 0.930. The molecule has 1 saturated heterocycles. The summed E-state index contributed by atoms with van der Waals surface area (Å²) in [5.41, 5.74) is 0.843. The van der Waals surface area contributed by atoms with Gasteiger partial charge in [-0.2, -0.15) is 11.8 Å². The number of benzene rings is 1. The number of amides is 2. The molecule has 114 valence electrons. The van der Waals surface area contributed by atoms with Crippen molar-refractivity contribution in [3.8, 4) is 0 Å². The van der Waals surface area contributed by atoms with Crippen molar-refractivity contribution in [2.24, 2.45) is 5.92 Å². The van der Waals surface area contributed by atoms with Crippen LogP contribution in [-0.2, 0) is 4.79 Å². The van der Waals surface area contributed by atoms with Crippen LogP contribution in [0.4, 0.5) is 4.79 Å². The number of nitrogens with one attached hydrogen (secondary N) is 1. The summed E-state index contributed by atoms with van der Waals surface area (Å²) in [6.45, 7) is 5.21. The number of hydrogen-bond donors (Lipinski definition) is 1. The van der Waals surface area contributed by atoms with Gasteiger partial charge in [0.15, 0.2) is 5.78 Å². The molecule has 1 aliphatic rings. The Morgan fingerprint density at radius 2 is 1.76 bits per heavy atom. The maximum absolute atomic E-state index is 12.4. The smallest absolute Gasteiger partial charge is 0.318 e. The highest BCUT2D eigenvalue weighted by Crippen LogP contribution is 2.19. The monoisotopic (exact) mass is 306 g/mol. The Kier molecular flexibility index (Phi) is 5.67. The van der Waals surface area contributed by atoms with Crippen LogP contribution in [0.5, 0.6) is 0 Å². The molecule has 21 heavy (non-hydrogen) atoms. The van der Waals surface area contributed by atoms with E-state index in [1.807, 2.05) is 55.9 Å². The van der Waals surface area contributed by atoms with Crippen molar-refractivity contribution in [2.75, 3.05) is 24.6 Å². The molecule has 2 rings (SSSR count). The number of thioether (sulfide) groups is 1. The zero-order valence-corrected chi connectivity index (χ0v) is 13.4. The van der Waals surface area contributed by atoms with Crippen molar-refractivity contribution in [1.82, 2.24) is 10.2 Å². The second-order valence-corrected chi connectivity index (χ2v) is 6.67. The Morgan fingerprint density at radius 1 is 1.14 bits per heavy atom. The van der Waals surface area contributed by atoms with E-state index >= 15 is 0 Å². The van der Waals surface area contributed by atoms with Crippen molar-refractivity contribution < 1.29 is 9.59 Å². The number of carbonyl (C=O) groups is 2. The standard InChI is InChI=1S/C16H22N2O2S/c1-12(2)15(19)14(13-6-4-3-5-7-13)17-16(20)18-8-10-21-11-9-18/h3-7,12,14H,8-11H2,1-2H3,(H,17,20)/t14-/m1/s1. The minimum atomic E-state index is -0.562. The van der Waals surface area contributed by atoms with Gasteiger partial charge in [0.2, 0.25) is 0 Å². The summed E-state index contributed by atoms with van der Waals surface area (Å²) in [5.74, 6) is 1.84. The van der Waals surface area contributed by atoms with E-state index in [0.29, 0.717) is 0 Å². The minimum absolute atomic E-state index is 0.0425. The fraction of sp³-hybridized carbons (Fsp3) is 0.500. The Morgan fingerprint density at radius 3 is 2.33 bits per heavy atom. The molecule has 2 amide bonds. The van der Waals surface area contributed by atoms with E-state index in [2.05, 4.69) is 5.32 Å². The molecular formula is C16H22N2O2S. The summed E-state index contributed by atoms with van der Waals surface area (Å²) in [7, 11) is 0. The lowest BCUT2D eigenvalue weighted by atomic mass is 9.95. The molecular weight excluding hydrogens is 284 g/mol. The fourth-order valence-electron chi connectivity index (χ4n) is 2.28. The first-order valence-electron chi connectivity index (χ1n) is 7.31. The number of rotatable bonds is 4. The molecule has 1 fully saturated rings. The second kappa shape index (κ2) is 7.50. The van der Waals surface area contributed by atoms with Crippen molar-refractivity contribution in [2.45, 2.75) is 19.9 Å². The van der Waals surface area contributed by atoms with Crippen LogP contribution >= 0.6 is 11.8 Å². The third kappa shape index (κ3) is 4.24. The second-order valence-electron chi connectivity index (χ2n) is 5.45. The Bertz CT molecular complexity index is 484. The molecule has 1 aliphatic heterocycles. The fourth-order valence-corrected chi connectivity index (χ4v) is 3.18. The normalized spacial score (nSPS) is 16.6. The Labute approximate surface area is 130 Å². The van der Waals surface area contributed by atoms with Crippen LogP contribution in [-0.4, -0.2) is 41.3 Å². The number of ketones is 1. The van der Waals surface area contributed by atoms with Gasteiger partial charge in [0.1, 0.15) is 6.04 Å². The van der Waals surface area contributed by atoms with Crippen molar-refractivity contribution >= 4 is 23.6 Å². The van der Waals surface area contributed by atoms with E-state index in [1.165, 1.54) is 0 Å². The molecule has 1 atom stereocenters. The zero-order valence-electron chi connectivity index (χ0n) is 12.5. The van der Waals surface area contributed by atoms with Gasteiger partial charge in [-0.25, -0.2) is 4.79 Å². The van der Waals surface area contributed by atoms with Gasteiger partial charge in [0.25, 0.3) is 0 Å². The highest BCUT2D eigenvalue weighted by Gasteiger charge is 2.27. The maximum atomic E-state index is 12.4. The van der Waals surface area contributed by atoms with Crippen LogP contribution < -0.4 is 5.32 Å². The lowest BCUT2D eigenvalue weighted by Gasteiger charge is -2.29. The molecule has 0 unspecified atom stereocenters. The average molecular weight is 306 g/mol. The lowest BCUT2D eigenvalue weighted by Crippen LogP contribution is -2.47. The van der Waals surface area contributed by atoms with Gasteiger partial charge in [-0.05, 0) is 5.56 Å². The molecule has 0 aliphatic carbocycles. The predicted octanol–water partition coefficient (Wildman–Crippen LogP) is 2.71. The van der Waals surface area contributed by atoms with Gasteiger partial charge in [0, 0.05) is 30.5 Å². The highest BCUT2D eigenvalue weighted by atomic mass is 32.2. The van der Waals surface area contributed by atoms with Gasteiger partial charge in [-0.1, -0.05) is 44.2 Å². The number of Topliss-reactive ketones (excluding diaryl/α,β-unsaturated/α-hetero) is 1. The highest BCUT2D eigenvalue weighted by molar-refractivity contribution is 7.99. The van der Waals surface area contributed by atoms with Crippen LogP contribution in [0.1, 0.15) is 25.5 Å². The van der Waals surface area contributed by atoms with Gasteiger partial charge in [-0.3, -0.25) is 4.79 Å². The topological polar surface area (TPSA) is 49.4 Å². The Hall–Kier alpha value is -1.49. The van der Waals surface area contributed by atoms with Crippen molar-refractivity contribution in [3.63, 3.8) is 0 Å². The van der Waals surface area contributed by atoms with E-state index < -0.39 is 6.04 Å². The molecule has 5 heteroatoms. The van der Waals surface area contributed by atoms with Crippen LogP contribution in [0, 0.1) is 5.92 Å². The first kappa shape index (κ1) is 15.9. The van der Waals surface area contributed by atoms with Gasteiger partial charge in [0.05, 0.1) is 0 Å². The van der Waals surface area contributed by atoms with E-state index in [0.717, 1.165) is 30.2 Å². The summed E-state index contributed by atoms with van der Waals surface area (Å²) in [6.07, 6.45) is 0. The largest absolute Gasteiger partial charge is 0.324 e. The van der Waals surface area contributed by atoms with Crippen LogP contribution in [0.25, 0.3) is 0 Å². The summed E-state index contributed by atoms with van der Waals surface area (Å²) < 4.78 is 0. The average Bonchev–Trinajstić information content (AvgIpc) is 2.53.